The summed E-state index contributed by atoms with van der Waals surface area (Å²) in [5, 5.41) is 5.98. The van der Waals surface area contributed by atoms with E-state index in [2.05, 4.69) is 20.6 Å². The van der Waals surface area contributed by atoms with E-state index in [0.29, 0.717) is 29.5 Å². The van der Waals surface area contributed by atoms with E-state index in [9.17, 15) is 4.79 Å². The minimum Gasteiger partial charge on any atom is -0.493 e. The van der Waals surface area contributed by atoms with E-state index >= 15 is 0 Å². The molecule has 2 aromatic carbocycles. The molecule has 0 unspecified atom stereocenters. The number of rotatable bonds is 7. The van der Waals surface area contributed by atoms with Crippen LogP contribution in [0.4, 0.5) is 11.5 Å². The predicted octanol–water partition coefficient (Wildman–Crippen LogP) is 3.36. The number of nitrogens with one attached hydrogen (secondary N) is 2. The molecule has 2 N–H and O–H groups in total. The molecule has 0 saturated carbocycles. The van der Waals surface area contributed by atoms with Crippen molar-refractivity contribution < 1.29 is 14.3 Å². The van der Waals surface area contributed by atoms with Gasteiger partial charge in [-0.2, -0.15) is 0 Å². The minimum absolute atomic E-state index is 0.281. The van der Waals surface area contributed by atoms with Gasteiger partial charge in [-0.15, -0.1) is 0 Å². The van der Waals surface area contributed by atoms with Crippen LogP contribution >= 0.6 is 0 Å². The third kappa shape index (κ3) is 4.72. The molecule has 0 atom stereocenters. The second-order valence-electron chi connectivity index (χ2n) is 5.65. The quantitative estimate of drug-likeness (QED) is 0.669. The molecule has 0 radical (unpaired) electrons. The van der Waals surface area contributed by atoms with Crippen LogP contribution < -0.4 is 20.1 Å². The highest BCUT2D eigenvalue weighted by Gasteiger charge is 2.10. The highest BCUT2D eigenvalue weighted by molar-refractivity contribution is 6.03. The van der Waals surface area contributed by atoms with Crippen molar-refractivity contribution in [1.29, 1.82) is 0 Å². The molecule has 27 heavy (non-hydrogen) atoms. The molecule has 138 valence electrons. The average Bonchev–Trinajstić information content (AvgIpc) is 2.73. The lowest BCUT2D eigenvalue weighted by molar-refractivity contribution is 0.102. The maximum Gasteiger partial charge on any atom is 0.274 e. The average molecular weight is 364 g/mol. The molecular formula is C20H20N4O3. The maximum absolute atomic E-state index is 12.3. The van der Waals surface area contributed by atoms with Gasteiger partial charge in [0, 0.05) is 18.3 Å². The van der Waals surface area contributed by atoms with Gasteiger partial charge < -0.3 is 20.1 Å². The fourth-order valence-electron chi connectivity index (χ4n) is 2.48. The first-order chi connectivity index (χ1) is 13.2. The standard InChI is InChI=1S/C20H20N4O3/c1-26-17-9-8-14(10-18(17)27-2)12-21-19-11-16(22-13-23-19)20(25)24-15-6-4-3-5-7-15/h3-11,13H,12H2,1-2H3,(H,24,25)(H,21,22,23). The molecule has 0 bridgehead atoms. The second kappa shape index (κ2) is 8.66. The van der Waals surface area contributed by atoms with Gasteiger partial charge in [0.25, 0.3) is 5.91 Å². The highest BCUT2D eigenvalue weighted by Crippen LogP contribution is 2.27. The number of methoxy groups -OCH3 is 2. The molecule has 7 heteroatoms. The topological polar surface area (TPSA) is 85.4 Å². The van der Waals surface area contributed by atoms with Crippen molar-refractivity contribution in [3.8, 4) is 11.5 Å². The number of carbonyl (C=O) groups excluding carboxylic acids is 1. The Morgan fingerprint density at radius 2 is 1.74 bits per heavy atom. The normalized spacial score (nSPS) is 10.1. The minimum atomic E-state index is -0.294. The lowest BCUT2D eigenvalue weighted by Gasteiger charge is -2.11. The van der Waals surface area contributed by atoms with Crippen LogP contribution in [0, 0.1) is 0 Å². The van der Waals surface area contributed by atoms with Crippen molar-refractivity contribution in [3.05, 3.63) is 72.2 Å². The van der Waals surface area contributed by atoms with Crippen LogP contribution in [0.25, 0.3) is 0 Å². The van der Waals surface area contributed by atoms with E-state index in [1.165, 1.54) is 6.33 Å². The second-order valence-corrected chi connectivity index (χ2v) is 5.65. The number of para-hydroxylation sites is 1. The number of ether oxygens (including phenoxy) is 2. The molecule has 1 heterocycles. The van der Waals surface area contributed by atoms with Crippen molar-refractivity contribution in [2.24, 2.45) is 0 Å². The van der Waals surface area contributed by atoms with Gasteiger partial charge in [0.1, 0.15) is 17.8 Å². The summed E-state index contributed by atoms with van der Waals surface area (Å²) in [6, 6.07) is 16.5. The Hall–Kier alpha value is -3.61. The molecule has 0 spiro atoms. The van der Waals surface area contributed by atoms with Crippen molar-refractivity contribution in [2.45, 2.75) is 6.54 Å². The van der Waals surface area contributed by atoms with Crippen LogP contribution in [0.15, 0.2) is 60.9 Å². The summed E-state index contributed by atoms with van der Waals surface area (Å²) in [4.78, 5) is 20.5. The number of aromatic nitrogens is 2. The molecule has 1 aromatic heterocycles. The molecule has 0 aliphatic heterocycles. The van der Waals surface area contributed by atoms with Crippen LogP contribution in [-0.4, -0.2) is 30.1 Å². The van der Waals surface area contributed by atoms with Crippen LogP contribution in [-0.2, 0) is 6.54 Å². The molecule has 0 aliphatic rings. The highest BCUT2D eigenvalue weighted by atomic mass is 16.5. The van der Waals surface area contributed by atoms with Crippen molar-refractivity contribution in [2.75, 3.05) is 24.9 Å². The summed E-state index contributed by atoms with van der Waals surface area (Å²) >= 11 is 0. The van der Waals surface area contributed by atoms with Crippen LogP contribution in [0.1, 0.15) is 16.1 Å². The molecule has 3 rings (SSSR count). The van der Waals surface area contributed by atoms with E-state index in [4.69, 9.17) is 9.47 Å². The first-order valence-corrected chi connectivity index (χ1v) is 8.33. The van der Waals surface area contributed by atoms with E-state index in [1.807, 2.05) is 48.5 Å². The maximum atomic E-state index is 12.3. The SMILES string of the molecule is COc1ccc(CNc2cc(C(=O)Nc3ccccc3)ncn2)cc1OC. The van der Waals surface area contributed by atoms with Crippen LogP contribution in [0.2, 0.25) is 0 Å². The molecule has 7 nitrogen and oxygen atoms in total. The third-order valence-electron chi connectivity index (χ3n) is 3.85. The van der Waals surface area contributed by atoms with Gasteiger partial charge in [-0.1, -0.05) is 24.3 Å². The number of carbonyl (C=O) groups is 1. The summed E-state index contributed by atoms with van der Waals surface area (Å²) in [6.07, 6.45) is 1.36. The fourth-order valence-corrected chi connectivity index (χ4v) is 2.48. The Labute approximate surface area is 157 Å². The third-order valence-corrected chi connectivity index (χ3v) is 3.85. The van der Waals surface area contributed by atoms with Gasteiger partial charge in [-0.05, 0) is 29.8 Å². The predicted molar refractivity (Wildman–Crippen MR) is 103 cm³/mol. The fraction of sp³-hybridized carbons (Fsp3) is 0.150. The Kier molecular flexibility index (Phi) is 5.84. The van der Waals surface area contributed by atoms with E-state index in [-0.39, 0.29) is 11.6 Å². The van der Waals surface area contributed by atoms with E-state index in [1.54, 1.807) is 20.3 Å². The van der Waals surface area contributed by atoms with Gasteiger partial charge in [0.2, 0.25) is 0 Å². The van der Waals surface area contributed by atoms with Gasteiger partial charge in [0.15, 0.2) is 11.5 Å². The smallest absolute Gasteiger partial charge is 0.274 e. The number of anilines is 2. The number of hydrogen-bond acceptors (Lipinski definition) is 6. The summed E-state index contributed by atoms with van der Waals surface area (Å²) in [6.45, 7) is 0.511. The van der Waals surface area contributed by atoms with Crippen LogP contribution in [0.5, 0.6) is 11.5 Å². The van der Waals surface area contributed by atoms with E-state index in [0.717, 1.165) is 5.56 Å². The van der Waals surface area contributed by atoms with Crippen LogP contribution in [0.3, 0.4) is 0 Å². The van der Waals surface area contributed by atoms with Crippen molar-refractivity contribution >= 4 is 17.4 Å². The molecule has 1 amide bonds. The zero-order valence-electron chi connectivity index (χ0n) is 15.1. The first-order valence-electron chi connectivity index (χ1n) is 8.33. The van der Waals surface area contributed by atoms with Gasteiger partial charge >= 0.3 is 0 Å². The Bertz CT molecular complexity index is 916. The molecule has 0 saturated heterocycles. The molecule has 3 aromatic rings. The zero-order valence-corrected chi connectivity index (χ0v) is 15.1. The lowest BCUT2D eigenvalue weighted by Crippen LogP contribution is -2.14. The summed E-state index contributed by atoms with van der Waals surface area (Å²) in [5.74, 6) is 1.58. The van der Waals surface area contributed by atoms with Gasteiger partial charge in [0.05, 0.1) is 14.2 Å². The van der Waals surface area contributed by atoms with Gasteiger partial charge in [-0.25, -0.2) is 9.97 Å². The summed E-state index contributed by atoms with van der Waals surface area (Å²) < 4.78 is 10.5. The van der Waals surface area contributed by atoms with E-state index < -0.39 is 0 Å². The number of benzene rings is 2. The Morgan fingerprint density at radius 3 is 2.48 bits per heavy atom. The number of amides is 1. The van der Waals surface area contributed by atoms with Crippen molar-refractivity contribution in [1.82, 2.24) is 9.97 Å². The Balaban J connectivity index is 1.66. The number of hydrogen-bond donors (Lipinski definition) is 2. The van der Waals surface area contributed by atoms with Crippen molar-refractivity contribution in [3.63, 3.8) is 0 Å². The molecule has 0 fully saturated rings. The monoisotopic (exact) mass is 364 g/mol. The lowest BCUT2D eigenvalue weighted by atomic mass is 10.2. The number of nitrogens with zero attached hydrogens (tertiary/aromatic N) is 2. The largest absolute Gasteiger partial charge is 0.493 e. The van der Waals surface area contributed by atoms with Gasteiger partial charge in [-0.3, -0.25) is 4.79 Å². The Morgan fingerprint density at radius 1 is 0.963 bits per heavy atom. The summed E-state index contributed by atoms with van der Waals surface area (Å²) in [5.41, 5.74) is 1.98. The summed E-state index contributed by atoms with van der Waals surface area (Å²) in [7, 11) is 3.19. The first kappa shape index (κ1) is 18.2. The molecular weight excluding hydrogens is 344 g/mol. The zero-order chi connectivity index (χ0) is 19.1. The molecule has 0 aliphatic carbocycles.